The lowest BCUT2D eigenvalue weighted by molar-refractivity contribution is -0.278. The minimum atomic E-state index is -0.624. The molecule has 0 aromatic heterocycles. The third kappa shape index (κ3) is 3.16. The molecule has 0 amide bonds. The standard InChI is InChI=1S/C16H25NO2/c1-3-13(2)14-5-7-15(8-6-14)16(9-10-17)18-11-4-12-19-16/h5-8,13H,3-4,9-12,17H2,1-2H3. The quantitative estimate of drug-likeness (QED) is 0.887. The Morgan fingerprint density at radius 1 is 1.21 bits per heavy atom. The van der Waals surface area contributed by atoms with Crippen LogP contribution >= 0.6 is 0 Å². The van der Waals surface area contributed by atoms with Crippen LogP contribution in [0.25, 0.3) is 0 Å². The van der Waals surface area contributed by atoms with Crippen molar-refractivity contribution < 1.29 is 9.47 Å². The van der Waals surface area contributed by atoms with Crippen molar-refractivity contribution in [1.82, 2.24) is 0 Å². The highest BCUT2D eigenvalue weighted by Gasteiger charge is 2.35. The summed E-state index contributed by atoms with van der Waals surface area (Å²) in [6.07, 6.45) is 2.81. The smallest absolute Gasteiger partial charge is 0.195 e. The van der Waals surface area contributed by atoms with Gasteiger partial charge >= 0.3 is 0 Å². The predicted octanol–water partition coefficient (Wildman–Crippen LogP) is 3.14. The van der Waals surface area contributed by atoms with Gasteiger partial charge in [-0.15, -0.1) is 0 Å². The Morgan fingerprint density at radius 3 is 2.37 bits per heavy atom. The monoisotopic (exact) mass is 263 g/mol. The first-order chi connectivity index (χ1) is 9.22. The first-order valence-electron chi connectivity index (χ1n) is 7.30. The molecule has 1 unspecified atom stereocenters. The Hall–Kier alpha value is -0.900. The van der Waals surface area contributed by atoms with Crippen LogP contribution in [0.15, 0.2) is 24.3 Å². The molecule has 1 aromatic carbocycles. The second kappa shape index (κ2) is 6.51. The molecule has 2 N–H and O–H groups in total. The molecule has 0 radical (unpaired) electrons. The second-order valence-corrected chi connectivity index (χ2v) is 5.27. The van der Waals surface area contributed by atoms with Crippen LogP contribution in [-0.4, -0.2) is 19.8 Å². The molecule has 1 atom stereocenters. The summed E-state index contributed by atoms with van der Waals surface area (Å²) in [4.78, 5) is 0. The molecular formula is C16H25NO2. The SMILES string of the molecule is CCC(C)c1ccc(C2(CCN)OCCCO2)cc1. The van der Waals surface area contributed by atoms with Gasteiger partial charge in [0.1, 0.15) is 0 Å². The molecule has 106 valence electrons. The summed E-state index contributed by atoms with van der Waals surface area (Å²) in [7, 11) is 0. The largest absolute Gasteiger partial charge is 0.346 e. The van der Waals surface area contributed by atoms with Crippen molar-refractivity contribution in [2.45, 2.75) is 44.8 Å². The van der Waals surface area contributed by atoms with E-state index in [1.54, 1.807) is 0 Å². The highest BCUT2D eigenvalue weighted by atomic mass is 16.7. The maximum Gasteiger partial charge on any atom is 0.195 e. The zero-order chi connectivity index (χ0) is 13.7. The van der Waals surface area contributed by atoms with Crippen LogP contribution < -0.4 is 5.73 Å². The van der Waals surface area contributed by atoms with Crippen LogP contribution in [0, 0.1) is 0 Å². The maximum absolute atomic E-state index is 5.92. The van der Waals surface area contributed by atoms with E-state index in [-0.39, 0.29) is 0 Å². The normalized spacial score (nSPS) is 20.2. The van der Waals surface area contributed by atoms with Gasteiger partial charge in [0, 0.05) is 12.0 Å². The molecule has 1 fully saturated rings. The lowest BCUT2D eigenvalue weighted by Gasteiger charge is -2.37. The summed E-state index contributed by atoms with van der Waals surface area (Å²) in [5, 5.41) is 0. The fraction of sp³-hybridized carbons (Fsp3) is 0.625. The van der Waals surface area contributed by atoms with Gasteiger partial charge in [0.2, 0.25) is 0 Å². The Labute approximate surface area is 116 Å². The topological polar surface area (TPSA) is 44.5 Å². The zero-order valence-corrected chi connectivity index (χ0v) is 12.0. The van der Waals surface area contributed by atoms with E-state index in [1.165, 1.54) is 5.56 Å². The van der Waals surface area contributed by atoms with E-state index in [1.807, 2.05) is 0 Å². The van der Waals surface area contributed by atoms with Crippen LogP contribution in [0.5, 0.6) is 0 Å². The molecule has 3 heteroatoms. The maximum atomic E-state index is 5.92. The van der Waals surface area contributed by atoms with Gasteiger partial charge in [-0.1, -0.05) is 38.1 Å². The van der Waals surface area contributed by atoms with E-state index in [9.17, 15) is 0 Å². The molecule has 1 aromatic rings. The van der Waals surface area contributed by atoms with Gasteiger partial charge in [0.15, 0.2) is 5.79 Å². The molecule has 1 saturated heterocycles. The Kier molecular flexibility index (Phi) is 4.97. The number of hydrogen-bond donors (Lipinski definition) is 1. The molecule has 0 bridgehead atoms. The molecule has 0 aliphatic carbocycles. The van der Waals surface area contributed by atoms with E-state index >= 15 is 0 Å². The molecule has 19 heavy (non-hydrogen) atoms. The summed E-state index contributed by atoms with van der Waals surface area (Å²) < 4.78 is 11.8. The van der Waals surface area contributed by atoms with E-state index in [0.29, 0.717) is 18.9 Å². The molecule has 2 rings (SSSR count). The first kappa shape index (κ1) is 14.5. The van der Waals surface area contributed by atoms with E-state index in [4.69, 9.17) is 15.2 Å². The van der Waals surface area contributed by atoms with E-state index in [0.717, 1.165) is 31.6 Å². The van der Waals surface area contributed by atoms with Crippen LogP contribution in [0.1, 0.15) is 50.2 Å². The van der Waals surface area contributed by atoms with Crippen molar-refractivity contribution in [2.75, 3.05) is 19.8 Å². The van der Waals surface area contributed by atoms with Gasteiger partial charge in [0.25, 0.3) is 0 Å². The average Bonchev–Trinajstić information content (AvgIpc) is 2.48. The van der Waals surface area contributed by atoms with Gasteiger partial charge in [-0.3, -0.25) is 0 Å². The van der Waals surface area contributed by atoms with Crippen molar-refractivity contribution in [1.29, 1.82) is 0 Å². The third-order valence-corrected chi connectivity index (χ3v) is 3.96. The Morgan fingerprint density at radius 2 is 1.84 bits per heavy atom. The highest BCUT2D eigenvalue weighted by molar-refractivity contribution is 5.28. The number of ether oxygens (including phenoxy) is 2. The molecule has 0 spiro atoms. The van der Waals surface area contributed by atoms with Crippen molar-refractivity contribution in [2.24, 2.45) is 5.73 Å². The summed E-state index contributed by atoms with van der Waals surface area (Å²) in [6.45, 7) is 6.51. The van der Waals surface area contributed by atoms with E-state index < -0.39 is 5.79 Å². The second-order valence-electron chi connectivity index (χ2n) is 5.27. The first-order valence-corrected chi connectivity index (χ1v) is 7.30. The van der Waals surface area contributed by atoms with Crippen molar-refractivity contribution >= 4 is 0 Å². The minimum Gasteiger partial charge on any atom is -0.346 e. The molecule has 1 heterocycles. The molecule has 0 saturated carbocycles. The van der Waals surface area contributed by atoms with Crippen molar-refractivity contribution in [3.8, 4) is 0 Å². The summed E-state index contributed by atoms with van der Waals surface area (Å²) >= 11 is 0. The number of rotatable bonds is 5. The average molecular weight is 263 g/mol. The molecule has 3 nitrogen and oxygen atoms in total. The minimum absolute atomic E-state index is 0.563. The lowest BCUT2D eigenvalue weighted by Crippen LogP contribution is -2.39. The fourth-order valence-corrected chi connectivity index (χ4v) is 2.52. The fourth-order valence-electron chi connectivity index (χ4n) is 2.52. The Bertz CT molecular complexity index is 377. The van der Waals surface area contributed by atoms with Crippen LogP contribution in [0.2, 0.25) is 0 Å². The molecular weight excluding hydrogens is 238 g/mol. The number of nitrogens with two attached hydrogens (primary N) is 1. The molecule has 1 aliphatic heterocycles. The van der Waals surface area contributed by atoms with Crippen molar-refractivity contribution in [3.63, 3.8) is 0 Å². The predicted molar refractivity (Wildman–Crippen MR) is 77.0 cm³/mol. The van der Waals surface area contributed by atoms with Gasteiger partial charge in [0.05, 0.1) is 13.2 Å². The summed E-state index contributed by atoms with van der Waals surface area (Å²) in [5.41, 5.74) is 8.17. The van der Waals surface area contributed by atoms with E-state index in [2.05, 4.69) is 38.1 Å². The highest BCUT2D eigenvalue weighted by Crippen LogP contribution is 2.34. The van der Waals surface area contributed by atoms with Crippen molar-refractivity contribution in [3.05, 3.63) is 35.4 Å². The number of benzene rings is 1. The lowest BCUT2D eigenvalue weighted by atomic mass is 9.94. The third-order valence-electron chi connectivity index (χ3n) is 3.96. The van der Waals surface area contributed by atoms with Crippen LogP contribution in [0.3, 0.4) is 0 Å². The zero-order valence-electron chi connectivity index (χ0n) is 12.0. The van der Waals surface area contributed by atoms with Crippen LogP contribution in [-0.2, 0) is 15.3 Å². The Balaban J connectivity index is 2.22. The van der Waals surface area contributed by atoms with Gasteiger partial charge < -0.3 is 15.2 Å². The van der Waals surface area contributed by atoms with Gasteiger partial charge in [-0.05, 0) is 30.9 Å². The summed E-state index contributed by atoms with van der Waals surface area (Å²) in [6, 6.07) is 8.62. The van der Waals surface area contributed by atoms with Gasteiger partial charge in [-0.25, -0.2) is 0 Å². The molecule has 1 aliphatic rings. The van der Waals surface area contributed by atoms with Gasteiger partial charge in [-0.2, -0.15) is 0 Å². The number of hydrogen-bond acceptors (Lipinski definition) is 3. The van der Waals surface area contributed by atoms with Crippen LogP contribution in [0.4, 0.5) is 0 Å². The summed E-state index contributed by atoms with van der Waals surface area (Å²) in [5.74, 6) is -0.0336.